The second-order valence-corrected chi connectivity index (χ2v) is 5.00. The molecule has 0 unspecified atom stereocenters. The number of hydrogen-bond donors (Lipinski definition) is 0. The molecule has 1 heterocycles. The van der Waals surface area contributed by atoms with Crippen LogP contribution in [0, 0.1) is 20.8 Å². The van der Waals surface area contributed by atoms with Crippen molar-refractivity contribution in [3.05, 3.63) is 58.9 Å². The number of rotatable bonds is 3. The summed E-state index contributed by atoms with van der Waals surface area (Å²) in [5.74, 6) is -0.0510. The van der Waals surface area contributed by atoms with Crippen molar-refractivity contribution in [2.75, 3.05) is 11.4 Å². The number of nitrogens with zero attached hydrogens (tertiary/aromatic N) is 2. The zero-order valence-corrected chi connectivity index (χ0v) is 12.5. The molecule has 0 spiro atoms. The Morgan fingerprint density at radius 3 is 2.55 bits per heavy atom. The molecule has 0 fully saturated rings. The van der Waals surface area contributed by atoms with Crippen LogP contribution in [0.5, 0.6) is 0 Å². The molecule has 104 valence electrons. The SMILES string of the molecule is CCN(C(=O)c1cccc(C)n1)c1cc(C)ccc1C. The van der Waals surface area contributed by atoms with Crippen molar-refractivity contribution in [1.82, 2.24) is 4.98 Å². The zero-order chi connectivity index (χ0) is 14.7. The molecule has 2 aromatic rings. The summed E-state index contributed by atoms with van der Waals surface area (Å²) in [6.07, 6.45) is 0. The van der Waals surface area contributed by atoms with Crippen LogP contribution in [0.15, 0.2) is 36.4 Å². The van der Waals surface area contributed by atoms with Crippen LogP contribution >= 0.6 is 0 Å². The average Bonchev–Trinajstić information content (AvgIpc) is 2.43. The summed E-state index contributed by atoms with van der Waals surface area (Å²) in [6.45, 7) is 8.56. The minimum atomic E-state index is -0.0510. The van der Waals surface area contributed by atoms with Crippen molar-refractivity contribution in [3.63, 3.8) is 0 Å². The van der Waals surface area contributed by atoms with Crippen molar-refractivity contribution in [3.8, 4) is 0 Å². The van der Waals surface area contributed by atoms with Crippen molar-refractivity contribution in [2.24, 2.45) is 0 Å². The van der Waals surface area contributed by atoms with Gasteiger partial charge in [-0.3, -0.25) is 4.79 Å². The van der Waals surface area contributed by atoms with E-state index in [1.807, 2.05) is 52.0 Å². The maximum absolute atomic E-state index is 12.7. The first kappa shape index (κ1) is 14.3. The summed E-state index contributed by atoms with van der Waals surface area (Å²) in [5, 5.41) is 0. The Kier molecular flexibility index (Phi) is 4.18. The standard InChI is InChI=1S/C17H20N2O/c1-5-19(16-11-12(2)9-10-13(16)3)17(20)15-8-6-7-14(4)18-15/h6-11H,5H2,1-4H3. The average molecular weight is 268 g/mol. The lowest BCUT2D eigenvalue weighted by Crippen LogP contribution is -2.32. The van der Waals surface area contributed by atoms with Crippen LogP contribution in [-0.4, -0.2) is 17.4 Å². The first-order valence-corrected chi connectivity index (χ1v) is 6.85. The monoisotopic (exact) mass is 268 g/mol. The number of anilines is 1. The van der Waals surface area contributed by atoms with Gasteiger partial charge in [-0.1, -0.05) is 18.2 Å². The summed E-state index contributed by atoms with van der Waals surface area (Å²) in [7, 11) is 0. The van der Waals surface area contributed by atoms with Crippen LogP contribution in [0.25, 0.3) is 0 Å². The summed E-state index contributed by atoms with van der Waals surface area (Å²) >= 11 is 0. The molecular formula is C17H20N2O. The van der Waals surface area contributed by atoms with E-state index < -0.39 is 0 Å². The molecule has 0 saturated heterocycles. The van der Waals surface area contributed by atoms with Crippen LogP contribution in [0.4, 0.5) is 5.69 Å². The van der Waals surface area contributed by atoms with Gasteiger partial charge in [0.15, 0.2) is 0 Å². The number of carbonyl (C=O) groups is 1. The predicted molar refractivity (Wildman–Crippen MR) is 82.2 cm³/mol. The smallest absolute Gasteiger partial charge is 0.276 e. The first-order valence-electron chi connectivity index (χ1n) is 6.85. The maximum Gasteiger partial charge on any atom is 0.276 e. The van der Waals surface area contributed by atoms with Crippen molar-refractivity contribution >= 4 is 11.6 Å². The molecule has 1 aromatic carbocycles. The quantitative estimate of drug-likeness (QED) is 0.851. The molecule has 3 nitrogen and oxygen atoms in total. The number of amides is 1. The van der Waals surface area contributed by atoms with Gasteiger partial charge in [-0.15, -0.1) is 0 Å². The Labute approximate surface area is 120 Å². The van der Waals surface area contributed by atoms with E-state index in [0.717, 1.165) is 22.5 Å². The van der Waals surface area contributed by atoms with Crippen molar-refractivity contribution < 1.29 is 4.79 Å². The minimum absolute atomic E-state index is 0.0510. The molecule has 0 atom stereocenters. The van der Waals surface area contributed by atoms with E-state index in [9.17, 15) is 4.79 Å². The molecule has 2 rings (SSSR count). The van der Waals surface area contributed by atoms with Gasteiger partial charge in [0.25, 0.3) is 5.91 Å². The molecule has 20 heavy (non-hydrogen) atoms. The lowest BCUT2D eigenvalue weighted by molar-refractivity contribution is 0.0983. The van der Waals surface area contributed by atoms with Gasteiger partial charge < -0.3 is 4.90 Å². The minimum Gasteiger partial charge on any atom is -0.307 e. The second kappa shape index (κ2) is 5.87. The van der Waals surface area contributed by atoms with Gasteiger partial charge >= 0.3 is 0 Å². The van der Waals surface area contributed by atoms with E-state index in [1.165, 1.54) is 0 Å². The second-order valence-electron chi connectivity index (χ2n) is 5.00. The van der Waals surface area contributed by atoms with Crippen LogP contribution < -0.4 is 4.90 Å². The van der Waals surface area contributed by atoms with Gasteiger partial charge in [0.05, 0.1) is 0 Å². The Bertz CT molecular complexity index is 635. The molecule has 0 aliphatic heterocycles. The van der Waals surface area contributed by atoms with Gasteiger partial charge in [-0.2, -0.15) is 0 Å². The van der Waals surface area contributed by atoms with E-state index in [-0.39, 0.29) is 5.91 Å². The van der Waals surface area contributed by atoms with Gasteiger partial charge in [0, 0.05) is 17.9 Å². The third kappa shape index (κ3) is 2.87. The van der Waals surface area contributed by atoms with Gasteiger partial charge in [0.2, 0.25) is 0 Å². The van der Waals surface area contributed by atoms with E-state index >= 15 is 0 Å². The van der Waals surface area contributed by atoms with E-state index in [1.54, 1.807) is 11.0 Å². The number of carbonyl (C=O) groups excluding carboxylic acids is 1. The number of aryl methyl sites for hydroxylation is 3. The highest BCUT2D eigenvalue weighted by Gasteiger charge is 2.18. The molecule has 0 radical (unpaired) electrons. The Hall–Kier alpha value is -2.16. The van der Waals surface area contributed by atoms with E-state index in [2.05, 4.69) is 11.1 Å². The molecule has 0 bridgehead atoms. The van der Waals surface area contributed by atoms with Crippen LogP contribution in [0.3, 0.4) is 0 Å². The molecule has 0 aliphatic carbocycles. The van der Waals surface area contributed by atoms with E-state index in [4.69, 9.17) is 0 Å². The topological polar surface area (TPSA) is 33.2 Å². The summed E-state index contributed by atoms with van der Waals surface area (Å²) < 4.78 is 0. The number of benzene rings is 1. The van der Waals surface area contributed by atoms with Gasteiger partial charge in [0.1, 0.15) is 5.69 Å². The van der Waals surface area contributed by atoms with E-state index in [0.29, 0.717) is 12.2 Å². The highest BCUT2D eigenvalue weighted by atomic mass is 16.2. The summed E-state index contributed by atoms with van der Waals surface area (Å²) in [6, 6.07) is 11.7. The van der Waals surface area contributed by atoms with Crippen molar-refractivity contribution in [2.45, 2.75) is 27.7 Å². The molecule has 0 N–H and O–H groups in total. The predicted octanol–water partition coefficient (Wildman–Crippen LogP) is 3.67. The third-order valence-corrected chi connectivity index (χ3v) is 3.32. The number of aromatic nitrogens is 1. The number of pyridine rings is 1. The number of hydrogen-bond acceptors (Lipinski definition) is 2. The molecular weight excluding hydrogens is 248 g/mol. The zero-order valence-electron chi connectivity index (χ0n) is 12.5. The maximum atomic E-state index is 12.7. The van der Waals surface area contributed by atoms with Crippen LogP contribution in [-0.2, 0) is 0 Å². The first-order chi connectivity index (χ1) is 9.52. The molecule has 3 heteroatoms. The van der Waals surface area contributed by atoms with Gasteiger partial charge in [-0.05, 0) is 57.0 Å². The van der Waals surface area contributed by atoms with Crippen molar-refractivity contribution in [1.29, 1.82) is 0 Å². The fourth-order valence-electron chi connectivity index (χ4n) is 2.23. The highest BCUT2D eigenvalue weighted by molar-refractivity contribution is 6.05. The molecule has 0 saturated carbocycles. The lowest BCUT2D eigenvalue weighted by atomic mass is 10.1. The lowest BCUT2D eigenvalue weighted by Gasteiger charge is -2.23. The Morgan fingerprint density at radius 2 is 1.90 bits per heavy atom. The molecule has 1 amide bonds. The highest BCUT2D eigenvalue weighted by Crippen LogP contribution is 2.23. The largest absolute Gasteiger partial charge is 0.307 e. The normalized spacial score (nSPS) is 10.4. The Morgan fingerprint density at radius 1 is 1.15 bits per heavy atom. The summed E-state index contributed by atoms with van der Waals surface area (Å²) in [5.41, 5.74) is 4.55. The fraction of sp³-hybridized carbons (Fsp3) is 0.294. The molecule has 1 aromatic heterocycles. The summed E-state index contributed by atoms with van der Waals surface area (Å²) in [4.78, 5) is 18.8. The fourth-order valence-corrected chi connectivity index (χ4v) is 2.23. The Balaban J connectivity index is 2.42. The van der Waals surface area contributed by atoms with Crippen LogP contribution in [0.2, 0.25) is 0 Å². The van der Waals surface area contributed by atoms with Gasteiger partial charge in [-0.25, -0.2) is 4.98 Å². The van der Waals surface area contributed by atoms with Crippen LogP contribution in [0.1, 0.15) is 34.2 Å². The third-order valence-electron chi connectivity index (χ3n) is 3.32. The molecule has 0 aliphatic rings.